The zero-order valence-electron chi connectivity index (χ0n) is 11.8. The van der Waals surface area contributed by atoms with Crippen LogP contribution in [-0.4, -0.2) is 22.4 Å². The van der Waals surface area contributed by atoms with Gasteiger partial charge in [0.05, 0.1) is 23.3 Å². The van der Waals surface area contributed by atoms with Crippen LogP contribution in [0.15, 0.2) is 70.2 Å². The summed E-state index contributed by atoms with van der Waals surface area (Å²) in [6, 6.07) is 7.96. The van der Waals surface area contributed by atoms with Crippen LogP contribution in [0.5, 0.6) is 0 Å². The second kappa shape index (κ2) is 7.11. The summed E-state index contributed by atoms with van der Waals surface area (Å²) in [5, 5.41) is 8.74. The highest BCUT2D eigenvalue weighted by molar-refractivity contribution is 7.14. The van der Waals surface area contributed by atoms with Gasteiger partial charge in [0, 0.05) is 17.8 Å². The van der Waals surface area contributed by atoms with Gasteiger partial charge in [-0.2, -0.15) is 5.10 Å². The van der Waals surface area contributed by atoms with Crippen molar-refractivity contribution < 1.29 is 0 Å². The summed E-state index contributed by atoms with van der Waals surface area (Å²) in [7, 11) is 0. The minimum absolute atomic E-state index is 0.579. The number of hydrogen-bond donors (Lipinski definition) is 0. The normalized spacial score (nSPS) is 12.1. The first-order valence-electron chi connectivity index (χ1n) is 6.68. The second-order valence-corrected chi connectivity index (χ2v) is 6.13. The zero-order chi connectivity index (χ0) is 15.2. The Morgan fingerprint density at radius 2 is 2.09 bits per heavy atom. The van der Waals surface area contributed by atoms with Crippen molar-refractivity contribution in [1.29, 1.82) is 0 Å². The maximum Gasteiger partial charge on any atom is 0.206 e. The van der Waals surface area contributed by atoms with Crippen molar-refractivity contribution in [2.24, 2.45) is 10.1 Å². The van der Waals surface area contributed by atoms with Crippen LogP contribution in [-0.2, 0) is 0 Å². The average Bonchev–Trinajstić information content (AvgIpc) is 3.21. The van der Waals surface area contributed by atoms with Crippen LogP contribution >= 0.6 is 22.7 Å². The summed E-state index contributed by atoms with van der Waals surface area (Å²) < 4.78 is 1.88. The molecular weight excluding hydrogens is 312 g/mol. The van der Waals surface area contributed by atoms with Crippen molar-refractivity contribution in [3.8, 4) is 10.6 Å². The van der Waals surface area contributed by atoms with Crippen molar-refractivity contribution in [2.45, 2.75) is 0 Å². The number of rotatable bonds is 5. The predicted molar refractivity (Wildman–Crippen MR) is 93.5 cm³/mol. The van der Waals surface area contributed by atoms with Crippen molar-refractivity contribution >= 4 is 28.9 Å². The third kappa shape index (κ3) is 3.29. The van der Waals surface area contributed by atoms with Crippen molar-refractivity contribution in [3.05, 3.63) is 70.4 Å². The summed E-state index contributed by atoms with van der Waals surface area (Å²) in [4.78, 5) is 10.5. The fraction of sp³-hybridized carbons (Fsp3) is 0.0625. The van der Waals surface area contributed by atoms with E-state index in [9.17, 15) is 0 Å². The molecule has 3 aromatic rings. The number of thiophene rings is 1. The van der Waals surface area contributed by atoms with Gasteiger partial charge in [0.1, 0.15) is 0 Å². The minimum Gasteiger partial charge on any atom is -0.265 e. The SMILES string of the molecule is C=CCN=c1scc(-c2cccs2)n1N=Cc1ccncc1. The van der Waals surface area contributed by atoms with Gasteiger partial charge in [-0.05, 0) is 29.1 Å². The van der Waals surface area contributed by atoms with Crippen molar-refractivity contribution in [2.75, 3.05) is 6.54 Å². The number of hydrogen-bond acceptors (Lipinski definition) is 5. The van der Waals surface area contributed by atoms with Gasteiger partial charge in [-0.1, -0.05) is 12.1 Å². The largest absolute Gasteiger partial charge is 0.265 e. The first-order chi connectivity index (χ1) is 10.9. The van der Waals surface area contributed by atoms with Crippen LogP contribution in [0.3, 0.4) is 0 Å². The van der Waals surface area contributed by atoms with Crippen LogP contribution in [0.25, 0.3) is 10.6 Å². The molecule has 4 nitrogen and oxygen atoms in total. The van der Waals surface area contributed by atoms with Crippen LogP contribution < -0.4 is 4.80 Å². The Morgan fingerprint density at radius 3 is 2.82 bits per heavy atom. The summed E-state index contributed by atoms with van der Waals surface area (Å²) in [6.45, 7) is 4.29. The molecule has 0 aliphatic carbocycles. The molecule has 3 aromatic heterocycles. The molecule has 0 atom stereocenters. The monoisotopic (exact) mass is 326 g/mol. The Kier molecular flexibility index (Phi) is 4.72. The van der Waals surface area contributed by atoms with Gasteiger partial charge in [0.2, 0.25) is 4.80 Å². The maximum atomic E-state index is 4.60. The maximum absolute atomic E-state index is 4.60. The number of nitrogens with zero attached hydrogens (tertiary/aromatic N) is 4. The molecule has 0 saturated carbocycles. The fourth-order valence-electron chi connectivity index (χ4n) is 1.83. The standard InChI is InChI=1S/C16H14N4S2/c1-2-7-18-16-20(19-11-13-5-8-17-9-6-13)14(12-22-16)15-4-3-10-21-15/h2-6,8-12H,1,7H2. The average molecular weight is 326 g/mol. The molecule has 22 heavy (non-hydrogen) atoms. The van der Waals surface area contributed by atoms with Gasteiger partial charge in [0.15, 0.2) is 0 Å². The molecule has 110 valence electrons. The first kappa shape index (κ1) is 14.6. The van der Waals surface area contributed by atoms with E-state index in [1.54, 1.807) is 41.1 Å². The van der Waals surface area contributed by atoms with E-state index in [0.717, 1.165) is 16.1 Å². The van der Waals surface area contributed by atoms with E-state index in [2.05, 4.69) is 38.5 Å². The molecule has 0 bridgehead atoms. The third-order valence-electron chi connectivity index (χ3n) is 2.84. The van der Waals surface area contributed by atoms with E-state index in [1.165, 1.54) is 4.88 Å². The van der Waals surface area contributed by atoms with Gasteiger partial charge in [-0.3, -0.25) is 9.98 Å². The molecular formula is C16H14N4S2. The topological polar surface area (TPSA) is 42.5 Å². The molecule has 0 saturated heterocycles. The molecule has 0 spiro atoms. The smallest absolute Gasteiger partial charge is 0.206 e. The van der Waals surface area contributed by atoms with E-state index in [1.807, 2.05) is 29.1 Å². The van der Waals surface area contributed by atoms with Crippen molar-refractivity contribution in [1.82, 2.24) is 9.66 Å². The summed E-state index contributed by atoms with van der Waals surface area (Å²) in [5.74, 6) is 0. The number of pyridine rings is 1. The molecule has 0 aromatic carbocycles. The fourth-order valence-corrected chi connectivity index (χ4v) is 3.47. The first-order valence-corrected chi connectivity index (χ1v) is 8.44. The molecule has 0 unspecified atom stereocenters. The molecule has 0 radical (unpaired) electrons. The Hall–Kier alpha value is -2.31. The third-order valence-corrected chi connectivity index (χ3v) is 4.59. The van der Waals surface area contributed by atoms with Gasteiger partial charge >= 0.3 is 0 Å². The molecule has 0 fully saturated rings. The highest BCUT2D eigenvalue weighted by atomic mass is 32.1. The second-order valence-electron chi connectivity index (χ2n) is 4.35. The lowest BCUT2D eigenvalue weighted by Gasteiger charge is -2.00. The molecule has 6 heteroatoms. The lowest BCUT2D eigenvalue weighted by Crippen LogP contribution is -2.12. The van der Waals surface area contributed by atoms with Gasteiger partial charge in [-0.15, -0.1) is 29.3 Å². The van der Waals surface area contributed by atoms with E-state index < -0.39 is 0 Å². The Labute approximate surface area is 136 Å². The quantitative estimate of drug-likeness (QED) is 0.521. The lowest BCUT2D eigenvalue weighted by atomic mass is 10.3. The van der Waals surface area contributed by atoms with E-state index >= 15 is 0 Å². The summed E-state index contributed by atoms with van der Waals surface area (Å²) >= 11 is 3.27. The Morgan fingerprint density at radius 1 is 1.23 bits per heavy atom. The lowest BCUT2D eigenvalue weighted by molar-refractivity contribution is 0.842. The van der Waals surface area contributed by atoms with Crippen LogP contribution in [0.4, 0.5) is 0 Å². The van der Waals surface area contributed by atoms with Gasteiger partial charge < -0.3 is 0 Å². The summed E-state index contributed by atoms with van der Waals surface area (Å²) in [6.07, 6.45) is 7.10. The number of thiazole rings is 1. The Bertz CT molecular complexity index is 827. The van der Waals surface area contributed by atoms with Gasteiger partial charge in [-0.25, -0.2) is 4.68 Å². The van der Waals surface area contributed by atoms with Crippen LogP contribution in [0, 0.1) is 0 Å². The predicted octanol–water partition coefficient (Wildman–Crippen LogP) is 3.64. The Balaban J connectivity index is 2.05. The number of aromatic nitrogens is 2. The minimum atomic E-state index is 0.579. The summed E-state index contributed by atoms with van der Waals surface area (Å²) in [5.41, 5.74) is 2.05. The van der Waals surface area contributed by atoms with Crippen LogP contribution in [0.2, 0.25) is 0 Å². The van der Waals surface area contributed by atoms with E-state index in [-0.39, 0.29) is 0 Å². The van der Waals surface area contributed by atoms with E-state index in [0.29, 0.717) is 6.54 Å². The molecule has 0 N–H and O–H groups in total. The van der Waals surface area contributed by atoms with Gasteiger partial charge in [0.25, 0.3) is 0 Å². The molecule has 0 aliphatic heterocycles. The molecule has 0 amide bonds. The highest BCUT2D eigenvalue weighted by Crippen LogP contribution is 2.25. The molecule has 0 aliphatic rings. The van der Waals surface area contributed by atoms with Crippen LogP contribution in [0.1, 0.15) is 5.56 Å². The van der Waals surface area contributed by atoms with Crippen molar-refractivity contribution in [3.63, 3.8) is 0 Å². The highest BCUT2D eigenvalue weighted by Gasteiger charge is 2.07. The molecule has 3 heterocycles. The zero-order valence-corrected chi connectivity index (χ0v) is 13.4. The molecule has 3 rings (SSSR count). The van der Waals surface area contributed by atoms with E-state index in [4.69, 9.17) is 0 Å².